The van der Waals surface area contributed by atoms with Crippen LogP contribution in [-0.2, 0) is 9.36 Å². The van der Waals surface area contributed by atoms with E-state index < -0.39 is 7.60 Å². The van der Waals surface area contributed by atoms with Crippen LogP contribution in [0.15, 0.2) is 11.0 Å². The summed E-state index contributed by atoms with van der Waals surface area (Å²) in [6.07, 6.45) is 1.27. The summed E-state index contributed by atoms with van der Waals surface area (Å²) in [5.74, 6) is -0.277. The number of nitrogens with zero attached hydrogens (tertiary/aromatic N) is 1. The Hall–Kier alpha value is -0.200. The second-order valence-corrected chi connectivity index (χ2v) is 6.32. The SMILES string of the molecule is C/C=C1/SC(=S)N(CCP(=O)(O)O)C1=O. The van der Waals surface area contributed by atoms with Gasteiger partial charge < -0.3 is 9.79 Å². The van der Waals surface area contributed by atoms with E-state index >= 15 is 0 Å². The molecule has 0 bridgehead atoms. The van der Waals surface area contributed by atoms with Crippen molar-refractivity contribution >= 4 is 41.8 Å². The van der Waals surface area contributed by atoms with Crippen LogP contribution in [0.25, 0.3) is 0 Å². The highest BCUT2D eigenvalue weighted by Gasteiger charge is 2.32. The number of amides is 1. The molecule has 84 valence electrons. The lowest BCUT2D eigenvalue weighted by Crippen LogP contribution is -2.30. The van der Waals surface area contributed by atoms with Crippen molar-refractivity contribution in [2.75, 3.05) is 12.7 Å². The van der Waals surface area contributed by atoms with Gasteiger partial charge in [-0.1, -0.05) is 30.1 Å². The summed E-state index contributed by atoms with van der Waals surface area (Å²) < 4.78 is 11.0. The highest BCUT2D eigenvalue weighted by atomic mass is 32.2. The van der Waals surface area contributed by atoms with Crippen molar-refractivity contribution in [1.29, 1.82) is 0 Å². The fraction of sp³-hybridized carbons (Fsp3) is 0.429. The molecule has 1 rings (SSSR count). The van der Waals surface area contributed by atoms with Crippen LogP contribution in [0, 0.1) is 0 Å². The van der Waals surface area contributed by atoms with Gasteiger partial charge in [-0.15, -0.1) is 0 Å². The molecule has 1 fully saturated rings. The summed E-state index contributed by atoms with van der Waals surface area (Å²) in [5, 5.41) is 0. The number of carbonyl (C=O) groups is 1. The molecule has 0 aliphatic carbocycles. The molecule has 0 radical (unpaired) electrons. The number of hydrogen-bond donors (Lipinski definition) is 2. The zero-order chi connectivity index (χ0) is 11.6. The van der Waals surface area contributed by atoms with E-state index in [1.54, 1.807) is 13.0 Å². The molecule has 0 spiro atoms. The van der Waals surface area contributed by atoms with E-state index in [1.165, 1.54) is 4.90 Å². The first-order chi connectivity index (χ1) is 6.85. The molecular formula is C7H10NO4PS2. The number of thioether (sulfide) groups is 1. The number of carbonyl (C=O) groups excluding carboxylic acids is 1. The second kappa shape index (κ2) is 4.76. The monoisotopic (exact) mass is 267 g/mol. The molecule has 1 amide bonds. The quantitative estimate of drug-likeness (QED) is 0.450. The number of rotatable bonds is 3. The molecule has 15 heavy (non-hydrogen) atoms. The van der Waals surface area contributed by atoms with E-state index in [0.717, 1.165) is 11.8 Å². The Balaban J connectivity index is 2.68. The molecule has 1 heterocycles. The summed E-state index contributed by atoms with van der Waals surface area (Å²) in [6.45, 7) is 1.68. The molecule has 1 aliphatic heterocycles. The van der Waals surface area contributed by atoms with E-state index in [1.807, 2.05) is 0 Å². The largest absolute Gasteiger partial charge is 0.327 e. The van der Waals surface area contributed by atoms with E-state index in [-0.39, 0.29) is 18.6 Å². The van der Waals surface area contributed by atoms with Gasteiger partial charge in [-0.3, -0.25) is 14.3 Å². The maximum absolute atomic E-state index is 11.6. The lowest BCUT2D eigenvalue weighted by Gasteiger charge is -2.14. The Morgan fingerprint density at radius 3 is 2.60 bits per heavy atom. The van der Waals surface area contributed by atoms with Crippen LogP contribution in [0.4, 0.5) is 0 Å². The summed E-state index contributed by atoms with van der Waals surface area (Å²) in [6, 6.07) is 0. The average Bonchev–Trinajstić information content (AvgIpc) is 2.37. The minimum Gasteiger partial charge on any atom is -0.324 e. The molecule has 2 N–H and O–H groups in total. The third kappa shape index (κ3) is 3.39. The highest BCUT2D eigenvalue weighted by molar-refractivity contribution is 8.26. The standard InChI is InChI=1S/C7H10NO4PS2/c1-2-5-6(9)8(7(14)15-5)3-4-13(10,11)12/h2H,3-4H2,1H3,(H2,10,11,12)/b5-2+. The minimum atomic E-state index is -4.08. The van der Waals surface area contributed by atoms with E-state index in [0.29, 0.717) is 9.23 Å². The first-order valence-electron chi connectivity index (χ1n) is 4.09. The molecule has 0 aromatic heterocycles. The average molecular weight is 267 g/mol. The second-order valence-electron chi connectivity index (χ2n) is 2.87. The summed E-state index contributed by atoms with van der Waals surface area (Å²) in [4.78, 5) is 30.6. The molecule has 8 heteroatoms. The Morgan fingerprint density at radius 2 is 2.20 bits per heavy atom. The maximum Gasteiger partial charge on any atom is 0.327 e. The van der Waals surface area contributed by atoms with E-state index in [4.69, 9.17) is 22.0 Å². The normalized spacial score (nSPS) is 20.5. The van der Waals surface area contributed by atoms with Gasteiger partial charge in [0.1, 0.15) is 4.32 Å². The van der Waals surface area contributed by atoms with Crippen molar-refractivity contribution in [3.8, 4) is 0 Å². The van der Waals surface area contributed by atoms with Crippen LogP contribution in [0.2, 0.25) is 0 Å². The molecule has 1 aliphatic rings. The fourth-order valence-corrected chi connectivity index (χ4v) is 2.71. The number of hydrogen-bond acceptors (Lipinski definition) is 4. The Labute approximate surface area is 96.7 Å². The zero-order valence-electron chi connectivity index (χ0n) is 7.91. The van der Waals surface area contributed by atoms with E-state index in [2.05, 4.69) is 0 Å². The molecule has 0 unspecified atom stereocenters. The first-order valence-corrected chi connectivity index (χ1v) is 7.12. The van der Waals surface area contributed by atoms with Crippen molar-refractivity contribution in [1.82, 2.24) is 4.90 Å². The van der Waals surface area contributed by atoms with Crippen LogP contribution in [0.5, 0.6) is 0 Å². The first kappa shape index (κ1) is 12.9. The molecule has 5 nitrogen and oxygen atoms in total. The van der Waals surface area contributed by atoms with Crippen LogP contribution in [0.3, 0.4) is 0 Å². The van der Waals surface area contributed by atoms with Gasteiger partial charge in [0.15, 0.2) is 0 Å². The van der Waals surface area contributed by atoms with Gasteiger partial charge in [0.25, 0.3) is 5.91 Å². The highest BCUT2D eigenvalue weighted by Crippen LogP contribution is 2.36. The molecular weight excluding hydrogens is 257 g/mol. The van der Waals surface area contributed by atoms with Crippen LogP contribution in [0.1, 0.15) is 6.92 Å². The Kier molecular flexibility index (Phi) is 4.08. The van der Waals surface area contributed by atoms with Gasteiger partial charge in [-0.2, -0.15) is 0 Å². The van der Waals surface area contributed by atoms with Crippen molar-refractivity contribution in [3.05, 3.63) is 11.0 Å². The van der Waals surface area contributed by atoms with Gasteiger partial charge in [-0.25, -0.2) is 0 Å². The maximum atomic E-state index is 11.6. The summed E-state index contributed by atoms with van der Waals surface area (Å²) in [5.41, 5.74) is 0. The van der Waals surface area contributed by atoms with Gasteiger partial charge >= 0.3 is 7.60 Å². The Bertz CT molecular complexity index is 375. The zero-order valence-corrected chi connectivity index (χ0v) is 10.4. The predicted molar refractivity (Wildman–Crippen MR) is 62.6 cm³/mol. The molecule has 0 aromatic rings. The lowest BCUT2D eigenvalue weighted by molar-refractivity contribution is -0.122. The van der Waals surface area contributed by atoms with Gasteiger partial charge in [0.2, 0.25) is 0 Å². The molecule has 0 saturated carbocycles. The number of allylic oxidation sites excluding steroid dienone is 1. The lowest BCUT2D eigenvalue weighted by atomic mass is 10.4. The third-order valence-corrected chi connectivity index (χ3v) is 4.03. The topological polar surface area (TPSA) is 77.8 Å². The molecule has 1 saturated heterocycles. The van der Waals surface area contributed by atoms with Gasteiger partial charge in [-0.05, 0) is 6.92 Å². The number of thiocarbonyl (C=S) groups is 1. The van der Waals surface area contributed by atoms with Crippen LogP contribution in [-0.4, -0.2) is 37.6 Å². The fourth-order valence-electron chi connectivity index (χ4n) is 1.01. The summed E-state index contributed by atoms with van der Waals surface area (Å²) in [7, 11) is -4.08. The van der Waals surface area contributed by atoms with Crippen molar-refractivity contribution < 1.29 is 19.1 Å². The van der Waals surface area contributed by atoms with Gasteiger partial charge in [0, 0.05) is 6.54 Å². The van der Waals surface area contributed by atoms with E-state index in [9.17, 15) is 9.36 Å². The molecule has 0 aromatic carbocycles. The van der Waals surface area contributed by atoms with Crippen molar-refractivity contribution in [3.63, 3.8) is 0 Å². The molecule has 0 atom stereocenters. The Morgan fingerprint density at radius 1 is 1.60 bits per heavy atom. The minimum absolute atomic E-state index is 0.0354. The van der Waals surface area contributed by atoms with Crippen LogP contribution < -0.4 is 0 Å². The summed E-state index contributed by atoms with van der Waals surface area (Å²) >= 11 is 6.07. The van der Waals surface area contributed by atoms with Crippen molar-refractivity contribution in [2.24, 2.45) is 0 Å². The third-order valence-electron chi connectivity index (χ3n) is 1.75. The smallest absolute Gasteiger partial charge is 0.324 e. The van der Waals surface area contributed by atoms with Gasteiger partial charge in [0.05, 0.1) is 11.1 Å². The van der Waals surface area contributed by atoms with Crippen LogP contribution >= 0.6 is 31.6 Å². The predicted octanol–water partition coefficient (Wildman–Crippen LogP) is 0.928. The van der Waals surface area contributed by atoms with Crippen molar-refractivity contribution in [2.45, 2.75) is 6.92 Å².